The van der Waals surface area contributed by atoms with Gasteiger partial charge in [0.05, 0.1) is 23.4 Å². The molecule has 2 heterocycles. The Labute approximate surface area is 190 Å². The first-order chi connectivity index (χ1) is 15.6. The molecule has 0 aliphatic carbocycles. The quantitative estimate of drug-likeness (QED) is 0.436. The largest absolute Gasteiger partial charge is 0.497 e. The molecule has 1 aliphatic rings. The Hall–Kier alpha value is -3.84. The van der Waals surface area contributed by atoms with Gasteiger partial charge in [0.25, 0.3) is 5.91 Å². The maximum absolute atomic E-state index is 12.1. The number of aromatic nitrogens is 1. The smallest absolute Gasteiger partial charge is 0.264 e. The molecule has 1 N–H and O–H groups in total. The normalized spacial score (nSPS) is 12.8. The van der Waals surface area contributed by atoms with Crippen molar-refractivity contribution in [2.45, 2.75) is 0 Å². The second-order valence-corrected chi connectivity index (χ2v) is 8.34. The highest BCUT2D eigenvalue weighted by atomic mass is 32.1. The van der Waals surface area contributed by atoms with Crippen LogP contribution < -0.4 is 19.7 Å². The summed E-state index contributed by atoms with van der Waals surface area (Å²) in [7, 11) is 3.42. The van der Waals surface area contributed by atoms with Gasteiger partial charge in [-0.05, 0) is 48.0 Å². The fraction of sp³-hybridized carbons (Fsp3) is 0.120. The van der Waals surface area contributed by atoms with Gasteiger partial charge in [0, 0.05) is 18.3 Å². The van der Waals surface area contributed by atoms with E-state index in [1.54, 1.807) is 30.4 Å². The molecule has 6 nitrogen and oxygen atoms in total. The molecule has 1 aromatic heterocycles. The van der Waals surface area contributed by atoms with Crippen molar-refractivity contribution in [3.63, 3.8) is 0 Å². The topological polar surface area (TPSA) is 63.7 Å². The zero-order valence-electron chi connectivity index (χ0n) is 17.7. The molecule has 4 aromatic rings. The summed E-state index contributed by atoms with van der Waals surface area (Å²) in [4.78, 5) is 19.7. The molecule has 0 bridgehead atoms. The van der Waals surface area contributed by atoms with Crippen LogP contribution in [0.5, 0.6) is 11.5 Å². The average molecular weight is 444 g/mol. The van der Waals surface area contributed by atoms with Gasteiger partial charge in [-0.15, -0.1) is 0 Å². The molecular weight excluding hydrogens is 422 g/mol. The zero-order chi connectivity index (χ0) is 22.1. The third kappa shape index (κ3) is 3.78. The first kappa shape index (κ1) is 20.1. The van der Waals surface area contributed by atoms with Crippen LogP contribution in [-0.2, 0) is 4.79 Å². The van der Waals surface area contributed by atoms with E-state index in [0.717, 1.165) is 44.0 Å². The lowest BCUT2D eigenvalue weighted by Gasteiger charge is -2.26. The Morgan fingerprint density at radius 3 is 2.56 bits per heavy atom. The van der Waals surface area contributed by atoms with Crippen LogP contribution in [0.2, 0.25) is 0 Å². The molecule has 0 unspecified atom stereocenters. The Kier molecular flexibility index (Phi) is 5.25. The van der Waals surface area contributed by atoms with E-state index < -0.39 is 0 Å². The number of carbonyl (C=O) groups is 1. The highest BCUT2D eigenvalue weighted by Crippen LogP contribution is 2.42. The Balaban J connectivity index is 1.57. The van der Waals surface area contributed by atoms with Crippen LogP contribution >= 0.6 is 11.3 Å². The predicted octanol–water partition coefficient (Wildman–Crippen LogP) is 5.58. The summed E-state index contributed by atoms with van der Waals surface area (Å²) < 4.78 is 10.8. The summed E-state index contributed by atoms with van der Waals surface area (Å²) in [6, 6.07) is 23.8. The minimum absolute atomic E-state index is 0.0603. The number of anilines is 3. The Morgan fingerprint density at radius 1 is 1.03 bits per heavy atom. The van der Waals surface area contributed by atoms with Gasteiger partial charge >= 0.3 is 0 Å². The van der Waals surface area contributed by atoms with Crippen LogP contribution in [0.15, 0.2) is 72.8 Å². The van der Waals surface area contributed by atoms with E-state index >= 15 is 0 Å². The number of fused-ring (bicyclic) bond motifs is 1. The van der Waals surface area contributed by atoms with Crippen molar-refractivity contribution in [2.75, 3.05) is 31.0 Å². The van der Waals surface area contributed by atoms with Crippen molar-refractivity contribution in [3.05, 3.63) is 72.8 Å². The van der Waals surface area contributed by atoms with Crippen LogP contribution in [0.4, 0.5) is 16.5 Å². The zero-order valence-corrected chi connectivity index (χ0v) is 18.5. The van der Waals surface area contributed by atoms with E-state index in [2.05, 4.69) is 17.4 Å². The molecule has 1 aliphatic heterocycles. The summed E-state index contributed by atoms with van der Waals surface area (Å²) >= 11 is 1.59. The molecule has 32 heavy (non-hydrogen) atoms. The predicted molar refractivity (Wildman–Crippen MR) is 128 cm³/mol. The molecule has 160 valence electrons. The van der Waals surface area contributed by atoms with Crippen LogP contribution in [0.25, 0.3) is 21.7 Å². The summed E-state index contributed by atoms with van der Waals surface area (Å²) in [6.07, 6.45) is 0. The van der Waals surface area contributed by atoms with Gasteiger partial charge in [-0.2, -0.15) is 0 Å². The van der Waals surface area contributed by atoms with E-state index in [4.69, 9.17) is 14.5 Å². The molecule has 1 amide bonds. The summed E-state index contributed by atoms with van der Waals surface area (Å²) in [5, 5.41) is 4.18. The number of hydrogen-bond donors (Lipinski definition) is 1. The third-order valence-corrected chi connectivity index (χ3v) is 6.34. The molecule has 0 saturated carbocycles. The van der Waals surface area contributed by atoms with Gasteiger partial charge in [-0.1, -0.05) is 41.7 Å². The van der Waals surface area contributed by atoms with Crippen molar-refractivity contribution < 1.29 is 14.3 Å². The van der Waals surface area contributed by atoms with Crippen LogP contribution in [-0.4, -0.2) is 31.7 Å². The molecule has 0 atom stereocenters. The molecule has 5 rings (SSSR count). The second-order valence-electron chi connectivity index (χ2n) is 7.34. The first-order valence-electron chi connectivity index (χ1n) is 10.1. The number of hydrogen-bond acceptors (Lipinski definition) is 6. The lowest BCUT2D eigenvalue weighted by atomic mass is 10.1. The van der Waals surface area contributed by atoms with Crippen LogP contribution in [0.3, 0.4) is 0 Å². The highest BCUT2D eigenvalue weighted by molar-refractivity contribution is 7.19. The summed E-state index contributed by atoms with van der Waals surface area (Å²) in [5.41, 5.74) is 4.53. The van der Waals surface area contributed by atoms with Crippen molar-refractivity contribution in [2.24, 2.45) is 0 Å². The number of nitrogens with one attached hydrogen (secondary N) is 1. The van der Waals surface area contributed by atoms with Gasteiger partial charge in [0.15, 0.2) is 11.7 Å². The number of methoxy groups -OCH3 is 1. The Bertz CT molecular complexity index is 1270. The van der Waals surface area contributed by atoms with Gasteiger partial charge in [0.1, 0.15) is 11.5 Å². The number of thiazole rings is 1. The standard InChI is InChI=1S/C25H21N3O3S/c1-28-20-14-17(8-13-21(20)31-15-22(28)29)23-24(16-6-4-3-5-7-16)32-25(27-23)26-18-9-11-19(30-2)12-10-18/h3-14H,15H2,1-2H3,(H,26,27). The van der Waals surface area contributed by atoms with E-state index in [1.807, 2.05) is 60.7 Å². The van der Waals surface area contributed by atoms with Gasteiger partial charge in [0.2, 0.25) is 0 Å². The van der Waals surface area contributed by atoms with Gasteiger partial charge < -0.3 is 19.7 Å². The Morgan fingerprint density at radius 2 is 1.81 bits per heavy atom. The fourth-order valence-electron chi connectivity index (χ4n) is 3.57. The minimum atomic E-state index is -0.0712. The third-order valence-electron chi connectivity index (χ3n) is 5.32. The van der Waals surface area contributed by atoms with E-state index in [9.17, 15) is 4.79 Å². The van der Waals surface area contributed by atoms with Crippen molar-refractivity contribution in [3.8, 4) is 33.2 Å². The SMILES string of the molecule is COc1ccc(Nc2nc(-c3ccc4c(c3)N(C)C(=O)CO4)c(-c3ccccc3)s2)cc1. The maximum Gasteiger partial charge on any atom is 0.264 e. The number of amides is 1. The lowest BCUT2D eigenvalue weighted by Crippen LogP contribution is -2.35. The first-order valence-corrected chi connectivity index (χ1v) is 10.9. The maximum atomic E-state index is 12.1. The number of benzene rings is 3. The van der Waals surface area contributed by atoms with E-state index in [-0.39, 0.29) is 12.5 Å². The summed E-state index contributed by atoms with van der Waals surface area (Å²) in [5.74, 6) is 1.43. The molecular formula is C25H21N3O3S. The van der Waals surface area contributed by atoms with Crippen molar-refractivity contribution in [1.82, 2.24) is 4.98 Å². The van der Waals surface area contributed by atoms with Gasteiger partial charge in [-0.3, -0.25) is 4.79 Å². The molecule has 0 saturated heterocycles. The van der Waals surface area contributed by atoms with E-state index in [0.29, 0.717) is 5.75 Å². The number of nitrogens with zero attached hydrogens (tertiary/aromatic N) is 2. The lowest BCUT2D eigenvalue weighted by molar-refractivity contribution is -0.120. The number of likely N-dealkylation sites (N-methyl/N-ethyl adjacent to an activating group) is 1. The molecule has 0 radical (unpaired) electrons. The molecule has 3 aromatic carbocycles. The second kappa shape index (κ2) is 8.36. The number of carbonyl (C=O) groups excluding carboxylic acids is 1. The summed E-state index contributed by atoms with van der Waals surface area (Å²) in [6.45, 7) is 0.0603. The van der Waals surface area contributed by atoms with Crippen molar-refractivity contribution >= 4 is 33.8 Å². The molecule has 7 heteroatoms. The van der Waals surface area contributed by atoms with Crippen molar-refractivity contribution in [1.29, 1.82) is 0 Å². The molecule has 0 fully saturated rings. The highest BCUT2D eigenvalue weighted by Gasteiger charge is 2.24. The van der Waals surface area contributed by atoms with Crippen LogP contribution in [0, 0.1) is 0 Å². The number of ether oxygens (including phenoxy) is 2. The fourth-order valence-corrected chi connectivity index (χ4v) is 4.59. The van der Waals surface area contributed by atoms with Crippen LogP contribution in [0.1, 0.15) is 0 Å². The average Bonchev–Trinajstić information content (AvgIpc) is 3.26. The number of rotatable bonds is 5. The monoisotopic (exact) mass is 443 g/mol. The molecule has 0 spiro atoms. The van der Waals surface area contributed by atoms with E-state index in [1.165, 1.54) is 0 Å². The van der Waals surface area contributed by atoms with Gasteiger partial charge in [-0.25, -0.2) is 4.98 Å². The minimum Gasteiger partial charge on any atom is -0.497 e.